The second-order valence-electron chi connectivity index (χ2n) is 8.24. The first-order valence-electron chi connectivity index (χ1n) is 12.0. The molecular weight excluding hydrogens is 352 g/mol. The van der Waals surface area contributed by atoms with E-state index < -0.39 is 0 Å². The van der Waals surface area contributed by atoms with Gasteiger partial charge >= 0.3 is 0 Å². The number of hydrogen-bond donors (Lipinski definition) is 1. The standard InChI is InChI=1S/C12H20.C6H10.C5H10.C3H8O.C2H6/c1-10(2)9-11(3)12-7-5-4-6-8-12;1-4-5-6(2)3;1-5-3-2-4-5;1-2-3-4;1-2/h9,12H,3-8H2,1-2H3;4-5H,2H2,1,3H3;5H,2-4H2,1H3;4H,2-3H2,1H3;1-2H3/b;5-4-;;;. The molecule has 0 aliphatic heterocycles. The van der Waals surface area contributed by atoms with Crippen LogP contribution in [0.5, 0.6) is 0 Å². The lowest BCUT2D eigenvalue weighted by Crippen LogP contribution is -2.07. The highest BCUT2D eigenvalue weighted by molar-refractivity contribution is 5.21. The molecule has 0 bridgehead atoms. The van der Waals surface area contributed by atoms with Gasteiger partial charge in [-0.2, -0.15) is 0 Å². The fraction of sp³-hybridized carbons (Fsp3) is 0.714. The average molecular weight is 407 g/mol. The quantitative estimate of drug-likeness (QED) is 0.461. The Morgan fingerprint density at radius 2 is 1.38 bits per heavy atom. The van der Waals surface area contributed by atoms with Gasteiger partial charge in [-0.3, -0.25) is 0 Å². The van der Waals surface area contributed by atoms with Gasteiger partial charge in [-0.25, -0.2) is 0 Å². The minimum atomic E-state index is 0.319. The Kier molecular flexibility index (Phi) is 28.0. The van der Waals surface area contributed by atoms with E-state index in [0.717, 1.165) is 23.8 Å². The van der Waals surface area contributed by atoms with Gasteiger partial charge in [-0.15, -0.1) is 0 Å². The van der Waals surface area contributed by atoms with Crippen molar-refractivity contribution in [3.05, 3.63) is 48.1 Å². The van der Waals surface area contributed by atoms with Crippen molar-refractivity contribution in [1.82, 2.24) is 0 Å². The number of aliphatic hydroxyl groups excluding tert-OH is 1. The molecule has 0 spiro atoms. The van der Waals surface area contributed by atoms with E-state index in [9.17, 15) is 0 Å². The summed E-state index contributed by atoms with van der Waals surface area (Å²) >= 11 is 0. The number of allylic oxidation sites excluding steroid dienone is 6. The van der Waals surface area contributed by atoms with Gasteiger partial charge in [0, 0.05) is 6.61 Å². The molecule has 2 fully saturated rings. The third kappa shape index (κ3) is 26.9. The molecule has 0 heterocycles. The second-order valence-corrected chi connectivity index (χ2v) is 8.24. The van der Waals surface area contributed by atoms with E-state index in [1.54, 1.807) is 0 Å². The summed E-state index contributed by atoms with van der Waals surface area (Å²) in [5.74, 6) is 1.85. The third-order valence-corrected chi connectivity index (χ3v) is 4.67. The highest BCUT2D eigenvalue weighted by Gasteiger charge is 2.14. The van der Waals surface area contributed by atoms with Crippen LogP contribution in [0, 0.1) is 11.8 Å². The zero-order valence-corrected chi connectivity index (χ0v) is 21.3. The Labute approximate surface area is 185 Å². The Bertz CT molecular complexity index is 412. The largest absolute Gasteiger partial charge is 0.396 e. The third-order valence-electron chi connectivity index (χ3n) is 4.67. The maximum absolute atomic E-state index is 7.88. The van der Waals surface area contributed by atoms with Crippen LogP contribution < -0.4 is 0 Å². The predicted octanol–water partition coefficient (Wildman–Crippen LogP) is 9.45. The van der Waals surface area contributed by atoms with Crippen LogP contribution in [0.4, 0.5) is 0 Å². The Morgan fingerprint density at radius 3 is 1.59 bits per heavy atom. The SMILES string of the molecule is C=C(C)/C=C\C.C=C(C=C(C)C)C1CCCCC1.CC.CC1CCC1.CCCO. The normalized spacial score (nSPS) is 15.5. The second kappa shape index (κ2) is 25.0. The molecule has 1 heteroatoms. The molecule has 1 N–H and O–H groups in total. The molecule has 0 aromatic carbocycles. The highest BCUT2D eigenvalue weighted by atomic mass is 16.2. The lowest BCUT2D eigenvalue weighted by Gasteiger charge is -2.22. The van der Waals surface area contributed by atoms with Gasteiger partial charge in [0.05, 0.1) is 0 Å². The van der Waals surface area contributed by atoms with Crippen molar-refractivity contribution in [2.24, 2.45) is 11.8 Å². The first kappa shape index (κ1) is 32.6. The minimum Gasteiger partial charge on any atom is -0.396 e. The van der Waals surface area contributed by atoms with Crippen LogP contribution in [0.1, 0.15) is 113 Å². The fourth-order valence-corrected chi connectivity index (χ4v) is 2.86. The number of rotatable bonds is 4. The summed E-state index contributed by atoms with van der Waals surface area (Å²) in [7, 11) is 0. The summed E-state index contributed by atoms with van der Waals surface area (Å²) in [6, 6.07) is 0. The van der Waals surface area contributed by atoms with Crippen LogP contribution >= 0.6 is 0 Å². The number of aliphatic hydroxyl groups is 1. The molecular formula is C28H54O. The topological polar surface area (TPSA) is 20.2 Å². The highest BCUT2D eigenvalue weighted by Crippen LogP contribution is 2.29. The van der Waals surface area contributed by atoms with Crippen molar-refractivity contribution in [3.8, 4) is 0 Å². The van der Waals surface area contributed by atoms with Gasteiger partial charge in [-0.1, -0.05) is 114 Å². The Balaban J connectivity index is -0.000000335. The molecule has 0 aromatic rings. The molecule has 29 heavy (non-hydrogen) atoms. The van der Waals surface area contributed by atoms with Crippen LogP contribution in [-0.2, 0) is 0 Å². The lowest BCUT2D eigenvalue weighted by molar-refractivity contribution is 0.295. The summed E-state index contributed by atoms with van der Waals surface area (Å²) < 4.78 is 0. The van der Waals surface area contributed by atoms with Crippen molar-refractivity contribution < 1.29 is 5.11 Å². The molecule has 2 aliphatic carbocycles. The number of hydrogen-bond acceptors (Lipinski definition) is 1. The fourth-order valence-electron chi connectivity index (χ4n) is 2.86. The smallest absolute Gasteiger partial charge is 0.0428 e. The van der Waals surface area contributed by atoms with Crippen molar-refractivity contribution in [2.45, 2.75) is 113 Å². The minimum absolute atomic E-state index is 0.319. The van der Waals surface area contributed by atoms with Gasteiger partial charge in [0.25, 0.3) is 0 Å². The summed E-state index contributed by atoms with van der Waals surface area (Å²) in [4.78, 5) is 0. The summed E-state index contributed by atoms with van der Waals surface area (Å²) in [5, 5.41) is 7.88. The lowest BCUT2D eigenvalue weighted by atomic mass is 9.84. The first-order valence-corrected chi connectivity index (χ1v) is 12.0. The van der Waals surface area contributed by atoms with Gasteiger partial charge in [-0.05, 0) is 58.8 Å². The van der Waals surface area contributed by atoms with E-state index in [1.807, 2.05) is 46.8 Å². The summed E-state index contributed by atoms with van der Waals surface area (Å²) in [5.41, 5.74) is 3.85. The predicted molar refractivity (Wildman–Crippen MR) is 137 cm³/mol. The van der Waals surface area contributed by atoms with Gasteiger partial charge in [0.15, 0.2) is 0 Å². The maximum atomic E-state index is 7.88. The molecule has 0 atom stereocenters. The van der Waals surface area contributed by atoms with E-state index >= 15 is 0 Å². The van der Waals surface area contributed by atoms with Crippen LogP contribution in [-0.4, -0.2) is 11.7 Å². The van der Waals surface area contributed by atoms with Gasteiger partial charge in [0.2, 0.25) is 0 Å². The molecule has 2 saturated carbocycles. The molecule has 1 nitrogen and oxygen atoms in total. The average Bonchev–Trinajstić information content (AvgIpc) is 2.69. The Hall–Kier alpha value is -1.08. The molecule has 0 radical (unpaired) electrons. The molecule has 0 aromatic heterocycles. The van der Waals surface area contributed by atoms with E-state index in [4.69, 9.17) is 5.11 Å². The molecule has 2 aliphatic rings. The zero-order chi connectivity index (χ0) is 23.1. The van der Waals surface area contributed by atoms with Crippen molar-refractivity contribution in [1.29, 1.82) is 0 Å². The van der Waals surface area contributed by atoms with E-state index in [0.29, 0.717) is 6.61 Å². The maximum Gasteiger partial charge on any atom is 0.0428 e. The van der Waals surface area contributed by atoms with Gasteiger partial charge < -0.3 is 5.11 Å². The van der Waals surface area contributed by atoms with Crippen molar-refractivity contribution in [2.75, 3.05) is 6.61 Å². The van der Waals surface area contributed by atoms with Crippen molar-refractivity contribution in [3.63, 3.8) is 0 Å². The summed E-state index contributed by atoms with van der Waals surface area (Å²) in [6.45, 7) is 24.6. The van der Waals surface area contributed by atoms with E-state index in [2.05, 4.69) is 40.0 Å². The molecule has 172 valence electrons. The van der Waals surface area contributed by atoms with Crippen LogP contribution in [0.15, 0.2) is 48.1 Å². The molecule has 0 saturated heterocycles. The van der Waals surface area contributed by atoms with Gasteiger partial charge in [0.1, 0.15) is 0 Å². The molecule has 0 amide bonds. The molecule has 0 unspecified atom stereocenters. The zero-order valence-electron chi connectivity index (χ0n) is 21.3. The first-order chi connectivity index (χ1) is 13.8. The monoisotopic (exact) mass is 406 g/mol. The van der Waals surface area contributed by atoms with E-state index in [-0.39, 0.29) is 0 Å². The van der Waals surface area contributed by atoms with Crippen LogP contribution in [0.3, 0.4) is 0 Å². The summed E-state index contributed by atoms with van der Waals surface area (Å²) in [6.07, 6.45) is 18.5. The Morgan fingerprint density at radius 1 is 0.931 bits per heavy atom. The molecule has 2 rings (SSSR count). The van der Waals surface area contributed by atoms with E-state index in [1.165, 1.54) is 62.5 Å². The van der Waals surface area contributed by atoms with Crippen LogP contribution in [0.2, 0.25) is 0 Å². The van der Waals surface area contributed by atoms with Crippen LogP contribution in [0.25, 0.3) is 0 Å². The van der Waals surface area contributed by atoms with Crippen molar-refractivity contribution >= 4 is 0 Å².